The number of nitrogens with zero attached hydrogens (tertiary/aromatic N) is 4. The number of hydrogen-bond acceptors (Lipinski definition) is 6. The van der Waals surface area contributed by atoms with E-state index in [2.05, 4.69) is 21.0 Å². The van der Waals surface area contributed by atoms with Crippen molar-refractivity contribution in [2.24, 2.45) is 0 Å². The minimum absolute atomic E-state index is 0.0220. The second-order valence-electron chi connectivity index (χ2n) is 6.46. The van der Waals surface area contributed by atoms with E-state index in [1.54, 1.807) is 23.4 Å². The van der Waals surface area contributed by atoms with Crippen molar-refractivity contribution in [1.82, 2.24) is 19.9 Å². The molecule has 0 aliphatic carbocycles. The van der Waals surface area contributed by atoms with E-state index in [0.717, 1.165) is 17.9 Å². The number of para-hydroxylation sites is 1. The molecule has 1 atom stereocenters. The topological polar surface area (TPSA) is 68.2 Å². The largest absolute Gasteiger partial charge is 0.488 e. The molecule has 0 saturated carbocycles. The maximum absolute atomic E-state index is 13.0. The quantitative estimate of drug-likeness (QED) is 0.680. The number of hydrogen-bond donors (Lipinski definition) is 0. The van der Waals surface area contributed by atoms with Gasteiger partial charge in [-0.3, -0.25) is 4.79 Å². The predicted molar refractivity (Wildman–Crippen MR) is 104 cm³/mol. The van der Waals surface area contributed by atoms with Crippen molar-refractivity contribution in [3.63, 3.8) is 0 Å². The van der Waals surface area contributed by atoms with Gasteiger partial charge in [-0.15, -0.1) is 11.3 Å². The molecule has 1 aromatic carbocycles. The van der Waals surface area contributed by atoms with Crippen LogP contribution in [0.2, 0.25) is 0 Å². The number of carbonyl (C=O) groups is 1. The third kappa shape index (κ3) is 3.55. The van der Waals surface area contributed by atoms with Crippen LogP contribution < -0.4 is 4.74 Å². The maximum atomic E-state index is 13.0. The van der Waals surface area contributed by atoms with Gasteiger partial charge in [-0.1, -0.05) is 25.1 Å². The minimum atomic E-state index is -0.0360. The highest BCUT2D eigenvalue weighted by molar-refractivity contribution is 7.17. The lowest BCUT2D eigenvalue weighted by Crippen LogP contribution is -2.36. The Morgan fingerprint density at radius 1 is 1.26 bits per heavy atom. The average molecular weight is 380 g/mol. The number of carbonyl (C=O) groups excluding carboxylic acids is 1. The maximum Gasteiger partial charge on any atom is 0.265 e. The molecule has 0 bridgehead atoms. The van der Waals surface area contributed by atoms with Gasteiger partial charge in [0.2, 0.25) is 0 Å². The van der Waals surface area contributed by atoms with Crippen LogP contribution >= 0.6 is 11.3 Å². The van der Waals surface area contributed by atoms with Crippen LogP contribution in [-0.4, -0.2) is 45.5 Å². The van der Waals surface area contributed by atoms with Crippen LogP contribution in [0.3, 0.4) is 0 Å². The van der Waals surface area contributed by atoms with Gasteiger partial charge in [-0.25, -0.2) is 15.0 Å². The second kappa shape index (κ2) is 7.44. The van der Waals surface area contributed by atoms with Crippen LogP contribution in [0.4, 0.5) is 0 Å². The lowest BCUT2D eigenvalue weighted by Gasteiger charge is -2.20. The van der Waals surface area contributed by atoms with Gasteiger partial charge >= 0.3 is 0 Å². The van der Waals surface area contributed by atoms with E-state index >= 15 is 0 Å². The van der Waals surface area contributed by atoms with Crippen LogP contribution in [0.5, 0.6) is 5.75 Å². The highest BCUT2D eigenvalue weighted by atomic mass is 32.1. The second-order valence-corrected chi connectivity index (χ2v) is 7.46. The highest BCUT2D eigenvalue weighted by Crippen LogP contribution is 2.30. The number of fused-ring (bicyclic) bond motifs is 1. The van der Waals surface area contributed by atoms with Gasteiger partial charge in [-0.05, 0) is 24.1 Å². The molecule has 4 rings (SSSR count). The Labute approximate surface area is 161 Å². The number of amides is 1. The Bertz CT molecular complexity index is 933. The Balaban J connectivity index is 1.50. The van der Waals surface area contributed by atoms with Gasteiger partial charge in [0.15, 0.2) is 10.8 Å². The van der Waals surface area contributed by atoms with Crippen LogP contribution in [0, 0.1) is 0 Å². The zero-order valence-electron chi connectivity index (χ0n) is 15.3. The molecular weight excluding hydrogens is 360 g/mol. The van der Waals surface area contributed by atoms with Crippen molar-refractivity contribution in [3.8, 4) is 16.6 Å². The van der Waals surface area contributed by atoms with E-state index in [4.69, 9.17) is 4.74 Å². The number of likely N-dealkylation sites (N-methyl/N-ethyl adjacent to an activating group) is 1. The Morgan fingerprint density at radius 3 is 2.78 bits per heavy atom. The molecule has 0 saturated heterocycles. The van der Waals surface area contributed by atoms with Crippen LogP contribution in [-0.2, 0) is 12.8 Å². The Morgan fingerprint density at radius 2 is 2.04 bits per heavy atom. The fourth-order valence-corrected chi connectivity index (χ4v) is 4.28. The molecule has 1 amide bonds. The van der Waals surface area contributed by atoms with Crippen molar-refractivity contribution >= 4 is 17.2 Å². The number of aryl methyl sites for hydroxylation is 1. The van der Waals surface area contributed by atoms with E-state index in [0.29, 0.717) is 28.7 Å². The first-order valence-corrected chi connectivity index (χ1v) is 9.74. The number of benzene rings is 1. The van der Waals surface area contributed by atoms with Crippen molar-refractivity contribution in [1.29, 1.82) is 0 Å². The Hall–Kier alpha value is -2.80. The summed E-state index contributed by atoms with van der Waals surface area (Å²) >= 11 is 1.35. The van der Waals surface area contributed by atoms with E-state index in [9.17, 15) is 4.79 Å². The molecule has 7 heteroatoms. The van der Waals surface area contributed by atoms with Gasteiger partial charge in [0.05, 0.1) is 12.2 Å². The molecule has 1 unspecified atom stereocenters. The number of aromatic nitrogens is 3. The monoisotopic (exact) mass is 380 g/mol. The molecule has 27 heavy (non-hydrogen) atoms. The first kappa shape index (κ1) is 17.6. The fourth-order valence-electron chi connectivity index (χ4n) is 3.18. The zero-order valence-corrected chi connectivity index (χ0v) is 16.1. The smallest absolute Gasteiger partial charge is 0.265 e. The molecular formula is C20H20N4O2S. The third-order valence-electron chi connectivity index (χ3n) is 4.52. The minimum Gasteiger partial charge on any atom is -0.488 e. The lowest BCUT2D eigenvalue weighted by molar-refractivity contribution is 0.0734. The third-order valence-corrected chi connectivity index (χ3v) is 5.60. The summed E-state index contributed by atoms with van der Waals surface area (Å²) in [6.07, 6.45) is 4.84. The summed E-state index contributed by atoms with van der Waals surface area (Å²) in [5.74, 6) is 1.43. The summed E-state index contributed by atoms with van der Waals surface area (Å²) in [4.78, 5) is 28.5. The normalized spacial score (nSPS) is 15.3. The van der Waals surface area contributed by atoms with Crippen LogP contribution in [0.15, 0.2) is 42.7 Å². The number of rotatable bonds is 5. The van der Waals surface area contributed by atoms with E-state index in [1.807, 2.05) is 32.2 Å². The van der Waals surface area contributed by atoms with Crippen molar-refractivity contribution in [2.45, 2.75) is 25.9 Å². The van der Waals surface area contributed by atoms with Crippen LogP contribution in [0.25, 0.3) is 10.8 Å². The van der Waals surface area contributed by atoms with E-state index < -0.39 is 0 Å². The van der Waals surface area contributed by atoms with Crippen LogP contribution in [0.1, 0.15) is 27.9 Å². The molecule has 3 heterocycles. The molecule has 0 N–H and O–H groups in total. The molecule has 1 aliphatic heterocycles. The number of thiazole rings is 1. The number of ether oxygens (including phenoxy) is 1. The molecule has 1 aliphatic rings. The van der Waals surface area contributed by atoms with Crippen molar-refractivity contribution < 1.29 is 9.53 Å². The highest BCUT2D eigenvalue weighted by Gasteiger charge is 2.27. The Kier molecular flexibility index (Phi) is 4.85. The first-order valence-electron chi connectivity index (χ1n) is 8.92. The molecule has 3 aromatic rings. The van der Waals surface area contributed by atoms with Gasteiger partial charge in [-0.2, -0.15) is 0 Å². The van der Waals surface area contributed by atoms with Gasteiger partial charge in [0, 0.05) is 25.9 Å². The van der Waals surface area contributed by atoms with Gasteiger partial charge in [0.1, 0.15) is 16.7 Å². The first-order chi connectivity index (χ1) is 13.2. The zero-order chi connectivity index (χ0) is 18.8. The van der Waals surface area contributed by atoms with Gasteiger partial charge < -0.3 is 9.64 Å². The fraction of sp³-hybridized carbons (Fsp3) is 0.300. The standard InChI is InChI=1S/C20H20N4O2S/c1-3-15-17(27-19(23-15)18-21-9-6-10-22-18)20(25)24(2)12-14-11-13-7-4-5-8-16(13)26-14/h4-10,14H,3,11-12H2,1-2H3. The van der Waals surface area contributed by atoms with Crippen molar-refractivity contribution in [2.75, 3.05) is 13.6 Å². The SMILES string of the molecule is CCc1nc(-c2ncccn2)sc1C(=O)N(C)CC1Cc2ccccc2O1. The average Bonchev–Trinajstić information content (AvgIpc) is 3.31. The van der Waals surface area contributed by atoms with Crippen molar-refractivity contribution in [3.05, 3.63) is 58.9 Å². The summed E-state index contributed by atoms with van der Waals surface area (Å²) < 4.78 is 5.97. The molecule has 2 aromatic heterocycles. The van der Waals surface area contributed by atoms with Gasteiger partial charge in [0.25, 0.3) is 5.91 Å². The summed E-state index contributed by atoms with van der Waals surface area (Å²) in [5.41, 5.74) is 1.98. The summed E-state index contributed by atoms with van der Waals surface area (Å²) in [6, 6.07) is 9.78. The summed E-state index contributed by atoms with van der Waals surface area (Å²) in [7, 11) is 1.81. The molecule has 0 fully saturated rings. The predicted octanol–water partition coefficient (Wildman–Crippen LogP) is 3.24. The van der Waals surface area contributed by atoms with E-state index in [-0.39, 0.29) is 12.0 Å². The molecule has 0 radical (unpaired) electrons. The summed E-state index contributed by atoms with van der Waals surface area (Å²) in [6.45, 7) is 2.53. The molecule has 6 nitrogen and oxygen atoms in total. The molecule has 0 spiro atoms. The molecule has 138 valence electrons. The lowest BCUT2D eigenvalue weighted by atomic mass is 10.1. The van der Waals surface area contributed by atoms with E-state index in [1.165, 1.54) is 16.9 Å². The summed E-state index contributed by atoms with van der Waals surface area (Å²) in [5, 5.41) is 0.675.